The predicted octanol–water partition coefficient (Wildman–Crippen LogP) is 2.63. The van der Waals surface area contributed by atoms with Crippen molar-refractivity contribution in [1.82, 2.24) is 25.0 Å². The third-order valence-electron chi connectivity index (χ3n) is 4.20. The summed E-state index contributed by atoms with van der Waals surface area (Å²) in [6.07, 6.45) is 3.66. The van der Waals surface area contributed by atoms with Gasteiger partial charge in [0.1, 0.15) is 6.20 Å². The van der Waals surface area contributed by atoms with E-state index in [1.807, 2.05) is 12.1 Å². The van der Waals surface area contributed by atoms with Gasteiger partial charge in [0.15, 0.2) is 0 Å². The quantitative estimate of drug-likeness (QED) is 0.561. The Morgan fingerprint density at radius 3 is 2.68 bits per heavy atom. The van der Waals surface area contributed by atoms with Gasteiger partial charge >= 0.3 is 11.7 Å². The van der Waals surface area contributed by atoms with Gasteiger partial charge in [-0.25, -0.2) is 9.97 Å². The van der Waals surface area contributed by atoms with Crippen molar-refractivity contribution in [2.24, 2.45) is 0 Å². The normalized spacial score (nSPS) is 14.9. The van der Waals surface area contributed by atoms with E-state index in [-0.39, 0.29) is 17.5 Å². The maximum atomic E-state index is 10.7. The highest BCUT2D eigenvalue weighted by atomic mass is 16.6. The van der Waals surface area contributed by atoms with Crippen LogP contribution in [0.15, 0.2) is 35.0 Å². The average molecular weight is 340 g/mol. The van der Waals surface area contributed by atoms with Gasteiger partial charge in [-0.1, -0.05) is 29.4 Å². The lowest BCUT2D eigenvalue weighted by atomic mass is 10.1. The van der Waals surface area contributed by atoms with Gasteiger partial charge in [0.2, 0.25) is 5.82 Å². The number of hydrogen-bond acceptors (Lipinski definition) is 7. The summed E-state index contributed by atoms with van der Waals surface area (Å²) in [6.45, 7) is 3.27. The van der Waals surface area contributed by atoms with E-state index in [0.717, 1.165) is 31.4 Å². The van der Waals surface area contributed by atoms with Gasteiger partial charge in [-0.15, -0.1) is 0 Å². The molecule has 4 rings (SSSR count). The van der Waals surface area contributed by atoms with E-state index in [9.17, 15) is 10.1 Å². The number of hydrogen-bond donors (Lipinski definition) is 1. The minimum atomic E-state index is -0.563. The zero-order valence-electron chi connectivity index (χ0n) is 13.4. The first-order valence-corrected chi connectivity index (χ1v) is 8.04. The molecule has 0 bridgehead atoms. The Kier molecular flexibility index (Phi) is 3.98. The first-order valence-electron chi connectivity index (χ1n) is 8.04. The van der Waals surface area contributed by atoms with E-state index < -0.39 is 4.92 Å². The fraction of sp³-hybridized carbons (Fsp3) is 0.312. The number of aromatic amines is 1. The van der Waals surface area contributed by atoms with Crippen LogP contribution in [0.25, 0.3) is 23.1 Å². The van der Waals surface area contributed by atoms with E-state index in [0.29, 0.717) is 5.82 Å². The Bertz CT molecular complexity index is 879. The molecule has 3 heterocycles. The van der Waals surface area contributed by atoms with Gasteiger partial charge in [-0.05, 0) is 36.4 Å². The van der Waals surface area contributed by atoms with Crippen molar-refractivity contribution in [3.8, 4) is 23.1 Å². The molecule has 0 radical (unpaired) electrons. The Hall–Kier alpha value is -3.07. The number of nitrogens with one attached hydrogen (secondary N) is 1. The number of nitrogens with zero attached hydrogens (tertiary/aromatic N) is 5. The summed E-state index contributed by atoms with van der Waals surface area (Å²) in [6, 6.07) is 8.01. The molecular weight excluding hydrogens is 324 g/mol. The molecule has 0 unspecified atom stereocenters. The first-order chi connectivity index (χ1) is 12.2. The second-order valence-electron chi connectivity index (χ2n) is 5.98. The number of aromatic nitrogens is 4. The number of likely N-dealkylation sites (tertiary alicyclic amines) is 1. The van der Waals surface area contributed by atoms with Crippen molar-refractivity contribution in [2.75, 3.05) is 13.1 Å². The molecule has 0 aliphatic carbocycles. The largest absolute Gasteiger partial charge is 0.358 e. The molecule has 1 saturated heterocycles. The molecule has 2 aromatic heterocycles. The van der Waals surface area contributed by atoms with Crippen LogP contribution in [0.4, 0.5) is 5.82 Å². The Labute approximate surface area is 142 Å². The van der Waals surface area contributed by atoms with Crippen LogP contribution < -0.4 is 0 Å². The zero-order chi connectivity index (χ0) is 17.2. The van der Waals surface area contributed by atoms with Crippen molar-refractivity contribution < 1.29 is 9.45 Å². The summed E-state index contributed by atoms with van der Waals surface area (Å²) < 4.78 is 5.15. The third-order valence-corrected chi connectivity index (χ3v) is 4.20. The summed E-state index contributed by atoms with van der Waals surface area (Å²) in [5.41, 5.74) is 2.07. The van der Waals surface area contributed by atoms with E-state index in [1.165, 1.54) is 18.4 Å². The highest BCUT2D eigenvalue weighted by Crippen LogP contribution is 2.22. The van der Waals surface area contributed by atoms with Crippen molar-refractivity contribution in [3.05, 3.63) is 46.1 Å². The predicted molar refractivity (Wildman–Crippen MR) is 88.5 cm³/mol. The lowest BCUT2D eigenvalue weighted by molar-refractivity contribution is -0.389. The molecule has 1 aliphatic rings. The SMILES string of the molecule is O=[N+]([O-])c1cnc(-c2nc(-c3ccc(CN4CCCC4)cc3)no2)[nH]1. The number of nitro groups is 1. The fourth-order valence-corrected chi connectivity index (χ4v) is 2.91. The van der Waals surface area contributed by atoms with Crippen molar-refractivity contribution in [1.29, 1.82) is 0 Å². The molecule has 1 fully saturated rings. The second-order valence-corrected chi connectivity index (χ2v) is 5.98. The number of benzene rings is 1. The van der Waals surface area contributed by atoms with Crippen LogP contribution in [-0.2, 0) is 6.54 Å². The van der Waals surface area contributed by atoms with Crippen LogP contribution in [0, 0.1) is 10.1 Å². The smallest absolute Gasteiger partial charge is 0.341 e. The van der Waals surface area contributed by atoms with Gasteiger partial charge in [0.25, 0.3) is 5.82 Å². The van der Waals surface area contributed by atoms with E-state index in [2.05, 4.69) is 37.1 Å². The second kappa shape index (κ2) is 6.44. The summed E-state index contributed by atoms with van der Waals surface area (Å²) in [7, 11) is 0. The van der Waals surface area contributed by atoms with E-state index >= 15 is 0 Å². The van der Waals surface area contributed by atoms with Crippen LogP contribution in [-0.4, -0.2) is 43.0 Å². The highest BCUT2D eigenvalue weighted by Gasteiger charge is 2.19. The number of rotatable bonds is 5. The minimum Gasteiger partial charge on any atom is -0.358 e. The van der Waals surface area contributed by atoms with Gasteiger partial charge in [-0.2, -0.15) is 4.98 Å². The molecule has 0 atom stereocenters. The van der Waals surface area contributed by atoms with Crippen LogP contribution in [0.1, 0.15) is 18.4 Å². The molecule has 128 valence electrons. The summed E-state index contributed by atoms with van der Waals surface area (Å²) in [5, 5.41) is 14.6. The van der Waals surface area contributed by atoms with Crippen molar-refractivity contribution in [3.63, 3.8) is 0 Å². The van der Waals surface area contributed by atoms with Crippen LogP contribution in [0.2, 0.25) is 0 Å². The molecule has 1 aliphatic heterocycles. The van der Waals surface area contributed by atoms with Gasteiger partial charge in [0, 0.05) is 12.1 Å². The van der Waals surface area contributed by atoms with E-state index in [1.54, 1.807) is 0 Å². The average Bonchev–Trinajstić information content (AvgIpc) is 3.36. The van der Waals surface area contributed by atoms with Crippen LogP contribution in [0.5, 0.6) is 0 Å². The molecule has 3 aromatic rings. The maximum Gasteiger partial charge on any atom is 0.341 e. The Morgan fingerprint density at radius 1 is 1.24 bits per heavy atom. The topological polar surface area (TPSA) is 114 Å². The monoisotopic (exact) mass is 340 g/mol. The lowest BCUT2D eigenvalue weighted by Crippen LogP contribution is -2.18. The molecular formula is C16H16N6O3. The van der Waals surface area contributed by atoms with Crippen LogP contribution >= 0.6 is 0 Å². The highest BCUT2D eigenvalue weighted by molar-refractivity contribution is 5.57. The fourth-order valence-electron chi connectivity index (χ4n) is 2.91. The number of H-pyrrole nitrogens is 1. The Morgan fingerprint density at radius 2 is 2.00 bits per heavy atom. The molecule has 0 saturated carbocycles. The standard InChI is InChI=1S/C16H16N6O3/c23-22(24)13-9-17-15(18-13)16-19-14(20-25-16)12-5-3-11(4-6-12)10-21-7-1-2-8-21/h3-6,9H,1-2,7-8,10H2,(H,17,18). The maximum absolute atomic E-state index is 10.7. The molecule has 9 nitrogen and oxygen atoms in total. The molecule has 1 N–H and O–H groups in total. The molecule has 25 heavy (non-hydrogen) atoms. The molecule has 9 heteroatoms. The Balaban J connectivity index is 1.50. The minimum absolute atomic E-state index is 0.115. The van der Waals surface area contributed by atoms with E-state index in [4.69, 9.17) is 4.52 Å². The summed E-state index contributed by atoms with van der Waals surface area (Å²) in [4.78, 5) is 23.2. The third kappa shape index (κ3) is 3.26. The zero-order valence-corrected chi connectivity index (χ0v) is 13.4. The van der Waals surface area contributed by atoms with Crippen LogP contribution in [0.3, 0.4) is 0 Å². The molecule has 1 aromatic carbocycles. The number of imidazole rings is 1. The van der Waals surface area contributed by atoms with Gasteiger partial charge in [-0.3, -0.25) is 4.90 Å². The molecule has 0 spiro atoms. The lowest BCUT2D eigenvalue weighted by Gasteiger charge is -2.14. The van der Waals surface area contributed by atoms with Gasteiger partial charge < -0.3 is 14.6 Å². The van der Waals surface area contributed by atoms with Crippen molar-refractivity contribution >= 4 is 5.82 Å². The van der Waals surface area contributed by atoms with Gasteiger partial charge in [0.05, 0.1) is 0 Å². The first kappa shape index (κ1) is 15.5. The summed E-state index contributed by atoms with van der Waals surface area (Å²) in [5.74, 6) is 0.489. The van der Waals surface area contributed by atoms with Crippen molar-refractivity contribution in [2.45, 2.75) is 19.4 Å². The summed E-state index contributed by atoms with van der Waals surface area (Å²) >= 11 is 0. The molecule has 0 amide bonds.